The Morgan fingerprint density at radius 2 is 1.59 bits per heavy atom. The number of ether oxygens (including phenoxy) is 1. The van der Waals surface area contributed by atoms with Gasteiger partial charge in [-0.1, -0.05) is 24.6 Å². The number of hydrogen-bond donors (Lipinski definition) is 4. The highest BCUT2D eigenvalue weighted by Crippen LogP contribution is 2.28. The normalized spacial score (nSPS) is 26.8. The van der Waals surface area contributed by atoms with Gasteiger partial charge in [0.25, 0.3) is 0 Å². The summed E-state index contributed by atoms with van der Waals surface area (Å²) in [5.41, 5.74) is 1.43. The second-order valence-corrected chi connectivity index (χ2v) is 15.5. The third kappa shape index (κ3) is 9.63. The fourth-order valence-corrected chi connectivity index (χ4v) is 8.19. The van der Waals surface area contributed by atoms with Gasteiger partial charge >= 0.3 is 12.0 Å². The highest BCUT2D eigenvalue weighted by atomic mass is 19.1. The number of rotatable bonds is 6. The molecule has 14 nitrogen and oxygen atoms in total. The first-order valence-corrected chi connectivity index (χ1v) is 19.5. The van der Waals surface area contributed by atoms with Gasteiger partial charge in [0, 0.05) is 50.4 Å². The maximum atomic E-state index is 14.5. The lowest BCUT2D eigenvalue weighted by Crippen LogP contribution is -2.61. The second-order valence-electron chi connectivity index (χ2n) is 15.5. The molecule has 4 aliphatic heterocycles. The molecule has 0 aromatic heterocycles. The number of cyclic esters (lactones) is 1. The number of esters is 1. The number of carbonyl (C=O) groups is 6. The number of anilines is 1. The lowest BCUT2D eigenvalue weighted by molar-refractivity contribution is -0.157. The lowest BCUT2D eigenvalue weighted by Gasteiger charge is -2.40. The molecule has 0 spiro atoms. The number of hydrogen-bond acceptors (Lipinski definition) is 8. The summed E-state index contributed by atoms with van der Waals surface area (Å²) in [6, 6.07) is 3.24. The summed E-state index contributed by atoms with van der Waals surface area (Å²) in [5.74, 6) is -4.61. The van der Waals surface area contributed by atoms with E-state index in [4.69, 9.17) is 4.74 Å². The van der Waals surface area contributed by atoms with Gasteiger partial charge in [-0.3, -0.25) is 19.2 Å². The van der Waals surface area contributed by atoms with Gasteiger partial charge in [0.2, 0.25) is 23.6 Å². The molecule has 4 N–H and O–H groups in total. The summed E-state index contributed by atoms with van der Waals surface area (Å²) in [4.78, 5) is 88.2. The monoisotopic (exact) mass is 779 g/mol. The van der Waals surface area contributed by atoms with E-state index in [-0.39, 0.29) is 42.3 Å². The van der Waals surface area contributed by atoms with Crippen molar-refractivity contribution in [2.75, 3.05) is 38.1 Å². The number of nitrogens with zero attached hydrogens (tertiary/aromatic N) is 3. The minimum Gasteiger partial charge on any atom is -0.461 e. The molecule has 6 amide bonds. The summed E-state index contributed by atoms with van der Waals surface area (Å²) < 4.78 is 34.3. The fourth-order valence-electron chi connectivity index (χ4n) is 8.19. The summed E-state index contributed by atoms with van der Waals surface area (Å²) in [7, 11) is 0. The quantitative estimate of drug-likeness (QED) is 0.325. The minimum absolute atomic E-state index is 0.00900. The van der Waals surface area contributed by atoms with Gasteiger partial charge in [0.1, 0.15) is 42.4 Å². The van der Waals surface area contributed by atoms with Crippen LogP contribution < -0.4 is 21.3 Å². The zero-order chi connectivity index (χ0) is 40.1. The first kappa shape index (κ1) is 40.5. The summed E-state index contributed by atoms with van der Waals surface area (Å²) in [6.07, 6.45) is 3.29. The molecule has 56 heavy (non-hydrogen) atoms. The van der Waals surface area contributed by atoms with Crippen LogP contribution in [-0.2, 0) is 35.1 Å². The predicted octanol–water partition coefficient (Wildman–Crippen LogP) is 2.63. The number of nitrogens with one attached hydrogen (secondary N) is 4. The van der Waals surface area contributed by atoms with Crippen LogP contribution in [-0.4, -0.2) is 119 Å². The van der Waals surface area contributed by atoms with E-state index in [0.29, 0.717) is 50.7 Å². The van der Waals surface area contributed by atoms with Crippen molar-refractivity contribution in [3.05, 3.63) is 65.2 Å². The Morgan fingerprint density at radius 1 is 0.875 bits per heavy atom. The zero-order valence-corrected chi connectivity index (χ0v) is 32.0. The molecule has 0 unspecified atom stereocenters. The molecule has 2 aromatic rings. The van der Waals surface area contributed by atoms with Gasteiger partial charge in [-0.15, -0.1) is 0 Å². The molecule has 0 aliphatic carbocycles. The van der Waals surface area contributed by atoms with Crippen LogP contribution in [0, 0.1) is 24.5 Å². The van der Waals surface area contributed by atoms with Crippen LogP contribution in [0.3, 0.4) is 0 Å². The standard InChI is InChI=1S/C40H51F2N7O7/c1-23-9-11-29(12-10-23)44-40(55)46-31(18-26-16-27(41)19-28(42)17-26)35(50)45-32-22-56-39(54)34-15-24(2)21-49(34)36(51)25(3)43-20-30-7-4-5-13-47(30)38(53)33-8-6-14-48(33)37(32)52/h9-12,16-17,19,24-25,30-34,43H,4-8,13-15,18,20-22H2,1-3H3,(H,45,50)(H2,44,46,55)/t24-,25+,30+,31+,32+,33+,34+/m1/s1. The van der Waals surface area contributed by atoms with Crippen LogP contribution in [0.5, 0.6) is 0 Å². The van der Waals surface area contributed by atoms with E-state index >= 15 is 0 Å². The SMILES string of the molecule is Cc1ccc(NC(=O)N[C@@H](Cc2cc(F)cc(F)c2)C(=O)N[C@H]2COC(=O)[C@@H]3C[C@@H](C)CN3C(=O)[C@H](C)NC[C@@H]3CCCCN3C(=O)[C@@H]3CCCN3C2=O)cc1. The Hall–Kier alpha value is -5.12. The molecule has 4 saturated heterocycles. The van der Waals surface area contributed by atoms with Gasteiger partial charge in [-0.05, 0) is 88.1 Å². The van der Waals surface area contributed by atoms with E-state index in [2.05, 4.69) is 21.3 Å². The molecule has 0 saturated carbocycles. The largest absolute Gasteiger partial charge is 0.461 e. The molecule has 7 atom stereocenters. The molecule has 4 aliphatic rings. The van der Waals surface area contributed by atoms with E-state index in [9.17, 15) is 37.5 Å². The van der Waals surface area contributed by atoms with E-state index in [1.54, 1.807) is 36.1 Å². The molecule has 6 rings (SSSR count). The van der Waals surface area contributed by atoms with E-state index < -0.39 is 72.3 Å². The number of piperidine rings is 1. The molecule has 16 heteroatoms. The molecule has 4 heterocycles. The Labute approximate surface area is 325 Å². The Morgan fingerprint density at radius 3 is 2.32 bits per heavy atom. The summed E-state index contributed by atoms with van der Waals surface area (Å²) in [5, 5.41) is 11.1. The number of halogens is 2. The number of fused-ring (bicyclic) bond motifs is 3. The van der Waals surface area contributed by atoms with Crippen LogP contribution in [0.4, 0.5) is 19.3 Å². The Bertz CT molecular complexity index is 1790. The fraction of sp³-hybridized carbons (Fsp3) is 0.550. The molecule has 0 radical (unpaired) electrons. The van der Waals surface area contributed by atoms with Gasteiger partial charge in [0.05, 0.1) is 6.04 Å². The third-order valence-corrected chi connectivity index (χ3v) is 11.1. The predicted molar refractivity (Wildman–Crippen MR) is 201 cm³/mol. The first-order valence-electron chi connectivity index (χ1n) is 19.5. The highest BCUT2D eigenvalue weighted by Gasteiger charge is 2.44. The topological polar surface area (TPSA) is 169 Å². The number of carbonyl (C=O) groups excluding carboxylic acids is 6. The second kappa shape index (κ2) is 17.8. The average Bonchev–Trinajstić information content (AvgIpc) is 3.82. The smallest absolute Gasteiger partial charge is 0.328 e. The third-order valence-electron chi connectivity index (χ3n) is 11.1. The van der Waals surface area contributed by atoms with Crippen LogP contribution in [0.25, 0.3) is 0 Å². The molecule has 4 fully saturated rings. The van der Waals surface area contributed by atoms with Gasteiger partial charge < -0.3 is 40.7 Å². The zero-order valence-electron chi connectivity index (χ0n) is 32.0. The highest BCUT2D eigenvalue weighted by molar-refractivity contribution is 5.97. The van der Waals surface area contributed by atoms with Crippen molar-refractivity contribution in [1.82, 2.24) is 30.7 Å². The number of benzene rings is 2. The first-order chi connectivity index (χ1) is 26.8. The van der Waals surface area contributed by atoms with Crippen LogP contribution in [0.15, 0.2) is 42.5 Å². The Kier molecular flexibility index (Phi) is 12.9. The maximum Gasteiger partial charge on any atom is 0.328 e. The average molecular weight is 780 g/mol. The minimum atomic E-state index is -1.51. The molecule has 2 aromatic carbocycles. The number of amides is 6. The number of urea groups is 1. The number of aryl methyl sites for hydroxylation is 1. The Balaban J connectivity index is 1.30. The van der Waals surface area contributed by atoms with Crippen molar-refractivity contribution in [2.45, 2.75) is 102 Å². The van der Waals surface area contributed by atoms with E-state index in [1.165, 1.54) is 9.80 Å². The van der Waals surface area contributed by atoms with Gasteiger partial charge in [-0.2, -0.15) is 0 Å². The van der Waals surface area contributed by atoms with Crippen molar-refractivity contribution in [1.29, 1.82) is 0 Å². The van der Waals surface area contributed by atoms with Crippen molar-refractivity contribution in [3.63, 3.8) is 0 Å². The van der Waals surface area contributed by atoms with Crippen molar-refractivity contribution >= 4 is 41.3 Å². The summed E-state index contributed by atoms with van der Waals surface area (Å²) >= 11 is 0. The molecular weight excluding hydrogens is 728 g/mol. The maximum absolute atomic E-state index is 14.5. The van der Waals surface area contributed by atoms with Crippen molar-refractivity contribution in [2.24, 2.45) is 5.92 Å². The molecule has 0 bridgehead atoms. The van der Waals surface area contributed by atoms with Crippen molar-refractivity contribution < 1.29 is 42.3 Å². The van der Waals surface area contributed by atoms with Crippen molar-refractivity contribution in [3.8, 4) is 0 Å². The van der Waals surface area contributed by atoms with Gasteiger partial charge in [0.15, 0.2) is 0 Å². The van der Waals surface area contributed by atoms with Crippen LogP contribution in [0.2, 0.25) is 0 Å². The molecular formula is C40H51F2N7O7. The molecule has 302 valence electrons. The van der Waals surface area contributed by atoms with Crippen LogP contribution in [0.1, 0.15) is 63.5 Å². The van der Waals surface area contributed by atoms with E-state index in [1.807, 2.05) is 13.8 Å². The summed E-state index contributed by atoms with van der Waals surface area (Å²) in [6.45, 7) is 6.30. The van der Waals surface area contributed by atoms with Crippen LogP contribution >= 0.6 is 0 Å². The lowest BCUT2D eigenvalue weighted by atomic mass is 9.99. The van der Waals surface area contributed by atoms with Gasteiger partial charge in [-0.25, -0.2) is 18.4 Å². The van der Waals surface area contributed by atoms with E-state index in [0.717, 1.165) is 37.0 Å².